The number of hydrogen-bond donors (Lipinski definition) is 0. The first-order valence-electron chi connectivity index (χ1n) is 16.7. The molecule has 0 bridgehead atoms. The molecule has 4 fully saturated rings. The predicted molar refractivity (Wildman–Crippen MR) is 171 cm³/mol. The Balaban J connectivity index is 1.18. The molecule has 0 N–H and O–H groups in total. The Morgan fingerprint density at radius 1 is 1.02 bits per heavy atom. The summed E-state index contributed by atoms with van der Waals surface area (Å²) in [5, 5.41) is 5.31. The average Bonchev–Trinajstić information content (AvgIpc) is 3.82. The second-order valence-electron chi connectivity index (χ2n) is 13.4. The van der Waals surface area contributed by atoms with Crippen molar-refractivity contribution >= 4 is 23.4 Å². The Morgan fingerprint density at radius 3 is 2.72 bits per heavy atom. The highest BCUT2D eigenvalue weighted by Gasteiger charge is 2.56. The number of epoxide rings is 1. The summed E-state index contributed by atoms with van der Waals surface area (Å²) in [6, 6.07) is 9.55. The predicted octanol–water partition coefficient (Wildman–Crippen LogP) is 5.83. The van der Waals surface area contributed by atoms with Crippen LogP contribution in [0.5, 0.6) is 0 Å². The number of hydrogen-bond acceptors (Lipinski definition) is 10. The van der Waals surface area contributed by atoms with Crippen molar-refractivity contribution in [3.63, 3.8) is 0 Å². The van der Waals surface area contributed by atoms with Gasteiger partial charge in [0, 0.05) is 48.0 Å². The van der Waals surface area contributed by atoms with E-state index in [1.165, 1.54) is 11.3 Å². The number of rotatable bonds is 3. The minimum atomic E-state index is -3.45. The van der Waals surface area contributed by atoms with Gasteiger partial charge in [0.05, 0.1) is 38.0 Å². The molecule has 14 heteroatoms. The molecule has 1 aromatic heterocycles. The lowest BCUT2D eigenvalue weighted by molar-refractivity contribution is -0.189. The number of morpholine rings is 1. The van der Waals surface area contributed by atoms with Gasteiger partial charge in [0.15, 0.2) is 11.5 Å². The van der Waals surface area contributed by atoms with E-state index in [1.807, 2.05) is 29.3 Å². The molecule has 7 aliphatic rings. The molecule has 0 saturated carbocycles. The molecule has 10 rings (SSSR count). The smallest absolute Gasteiger partial charge is 0.430 e. The zero-order valence-electron chi connectivity index (χ0n) is 26.5. The van der Waals surface area contributed by atoms with Crippen LogP contribution in [-0.4, -0.2) is 84.4 Å². The van der Waals surface area contributed by atoms with Crippen LogP contribution in [0.15, 0.2) is 65.5 Å². The summed E-state index contributed by atoms with van der Waals surface area (Å²) < 4.78 is 76.4. The summed E-state index contributed by atoms with van der Waals surface area (Å²) in [5.74, 6) is -4.81. The van der Waals surface area contributed by atoms with Gasteiger partial charge in [0.1, 0.15) is 30.3 Å². The molecule has 5 aliphatic heterocycles. The number of ether oxygens (including phenoxy) is 5. The molecule has 50 heavy (non-hydrogen) atoms. The van der Waals surface area contributed by atoms with E-state index in [0.717, 1.165) is 22.1 Å². The summed E-state index contributed by atoms with van der Waals surface area (Å²) in [5.41, 5.74) is 2.74. The summed E-state index contributed by atoms with van der Waals surface area (Å²) in [6.07, 6.45) is 0.677. The minimum Gasteiger partial charge on any atom is -0.430 e. The van der Waals surface area contributed by atoms with E-state index in [4.69, 9.17) is 23.7 Å². The van der Waals surface area contributed by atoms with Gasteiger partial charge in [-0.2, -0.15) is 5.01 Å². The van der Waals surface area contributed by atoms with E-state index in [1.54, 1.807) is 33.6 Å². The topological polar surface area (TPSA) is 93.3 Å². The molecule has 258 valence electrons. The van der Waals surface area contributed by atoms with E-state index in [0.29, 0.717) is 42.7 Å². The molecular formula is C36H30F3N3O7S. The number of halogens is 3. The molecule has 6 heterocycles. The standard InChI is InChI=1S/C36H30F3N3O7S/c37-23-6-5-22-27-26-18(15-36(38,39)28(23)27)17-50-33(26)21-4-2-1-3-20(21)29(22)42-25-16-46-14-11-40(25)34(43)30-32(31-24(48-31)7-10-41(30)42)49-35(44)47-19-8-12-45-13-9-19/h1-7,10,17,19,24-25,29,31H,8-9,11-16H2. The van der Waals surface area contributed by atoms with Crippen molar-refractivity contribution in [3.05, 3.63) is 93.6 Å². The average molecular weight is 706 g/mol. The van der Waals surface area contributed by atoms with Crippen LogP contribution in [0, 0.1) is 5.82 Å². The number of nitrogens with zero attached hydrogens (tertiary/aromatic N) is 3. The number of hydrazine groups is 1. The molecule has 0 spiro atoms. The number of fused-ring (bicyclic) bond motifs is 5. The van der Waals surface area contributed by atoms with Gasteiger partial charge >= 0.3 is 6.16 Å². The summed E-state index contributed by atoms with van der Waals surface area (Å²) in [7, 11) is 0. The summed E-state index contributed by atoms with van der Waals surface area (Å²) in [4.78, 5) is 30.2. The monoisotopic (exact) mass is 705 g/mol. The van der Waals surface area contributed by atoms with Crippen molar-refractivity contribution in [3.8, 4) is 21.6 Å². The molecule has 1 amide bonds. The Morgan fingerprint density at radius 2 is 1.86 bits per heavy atom. The minimum absolute atomic E-state index is 0.00738. The first-order valence-corrected chi connectivity index (χ1v) is 17.6. The quantitative estimate of drug-likeness (QED) is 0.247. The van der Waals surface area contributed by atoms with E-state index in [9.17, 15) is 9.59 Å². The highest BCUT2D eigenvalue weighted by Crippen LogP contribution is 2.59. The van der Waals surface area contributed by atoms with E-state index in [2.05, 4.69) is 0 Å². The van der Waals surface area contributed by atoms with Crippen molar-refractivity contribution < 1.29 is 46.4 Å². The molecule has 0 radical (unpaired) electrons. The fourth-order valence-electron chi connectivity index (χ4n) is 8.31. The van der Waals surface area contributed by atoms with Crippen LogP contribution in [-0.2, 0) is 40.8 Å². The van der Waals surface area contributed by atoms with Gasteiger partial charge < -0.3 is 28.6 Å². The van der Waals surface area contributed by atoms with Gasteiger partial charge in [-0.3, -0.25) is 9.80 Å². The molecule has 4 atom stereocenters. The van der Waals surface area contributed by atoms with Crippen LogP contribution in [0.4, 0.5) is 18.0 Å². The zero-order chi connectivity index (χ0) is 33.9. The highest BCUT2D eigenvalue weighted by molar-refractivity contribution is 7.14. The van der Waals surface area contributed by atoms with Crippen molar-refractivity contribution in [1.29, 1.82) is 0 Å². The van der Waals surface area contributed by atoms with Crippen LogP contribution in [0.25, 0.3) is 21.6 Å². The normalized spacial score (nSPS) is 27.7. The van der Waals surface area contributed by atoms with Crippen LogP contribution in [0.1, 0.15) is 41.1 Å². The van der Waals surface area contributed by atoms with Gasteiger partial charge in [-0.05, 0) is 39.8 Å². The summed E-state index contributed by atoms with van der Waals surface area (Å²) >= 11 is 1.37. The molecule has 4 saturated heterocycles. The van der Waals surface area contributed by atoms with Crippen LogP contribution < -0.4 is 0 Å². The van der Waals surface area contributed by atoms with Crippen molar-refractivity contribution in [2.24, 2.45) is 0 Å². The van der Waals surface area contributed by atoms with E-state index < -0.39 is 66.3 Å². The fourth-order valence-corrected chi connectivity index (χ4v) is 9.43. The van der Waals surface area contributed by atoms with Gasteiger partial charge in [-0.25, -0.2) is 18.0 Å². The van der Waals surface area contributed by atoms with Crippen molar-refractivity contribution in [1.82, 2.24) is 14.9 Å². The van der Waals surface area contributed by atoms with Crippen LogP contribution in [0.3, 0.4) is 0 Å². The van der Waals surface area contributed by atoms with Gasteiger partial charge in [-0.15, -0.1) is 11.3 Å². The molecular weight excluding hydrogens is 675 g/mol. The van der Waals surface area contributed by atoms with Crippen LogP contribution >= 0.6 is 11.3 Å². The lowest BCUT2D eigenvalue weighted by atomic mass is 9.80. The van der Waals surface area contributed by atoms with Crippen LogP contribution in [0.2, 0.25) is 0 Å². The van der Waals surface area contributed by atoms with Gasteiger partial charge in [-0.1, -0.05) is 30.3 Å². The molecule has 3 aromatic rings. The Kier molecular flexibility index (Phi) is 6.82. The third-order valence-electron chi connectivity index (χ3n) is 10.6. The second-order valence-corrected chi connectivity index (χ2v) is 14.2. The first-order chi connectivity index (χ1) is 24.3. The second kappa shape index (κ2) is 11.1. The number of alkyl halides is 2. The third kappa shape index (κ3) is 4.48. The van der Waals surface area contributed by atoms with Gasteiger partial charge in [0.25, 0.3) is 11.8 Å². The Labute approximate surface area is 288 Å². The van der Waals surface area contributed by atoms with Crippen molar-refractivity contribution in [2.45, 2.75) is 55.7 Å². The van der Waals surface area contributed by atoms with Crippen molar-refractivity contribution in [2.75, 3.05) is 33.0 Å². The van der Waals surface area contributed by atoms with E-state index >= 15 is 13.2 Å². The maximum Gasteiger partial charge on any atom is 0.513 e. The Bertz CT molecular complexity index is 2030. The molecule has 2 aromatic carbocycles. The number of carbonyl (C=O) groups excluding carboxylic acids is 2. The lowest BCUT2D eigenvalue weighted by Crippen LogP contribution is -2.67. The van der Waals surface area contributed by atoms with E-state index in [-0.39, 0.29) is 36.8 Å². The fraction of sp³-hybridized carbons (Fsp3) is 0.389. The zero-order valence-corrected chi connectivity index (χ0v) is 27.3. The lowest BCUT2D eigenvalue weighted by Gasteiger charge is -2.54. The number of thiophene rings is 1. The molecule has 4 unspecified atom stereocenters. The molecule has 2 aliphatic carbocycles. The maximum absolute atomic E-state index is 16.0. The summed E-state index contributed by atoms with van der Waals surface area (Å²) in [6.45, 7) is 1.52. The Hall–Kier alpha value is -4.21. The third-order valence-corrected chi connectivity index (χ3v) is 11.6. The largest absolute Gasteiger partial charge is 0.513 e. The number of benzene rings is 2. The maximum atomic E-state index is 16.0. The van der Waals surface area contributed by atoms with Gasteiger partial charge in [0.2, 0.25) is 0 Å². The highest BCUT2D eigenvalue weighted by atomic mass is 32.1. The first kappa shape index (κ1) is 30.6. The number of amides is 1. The molecule has 10 nitrogen and oxygen atoms in total. The number of carbonyl (C=O) groups is 2. The SMILES string of the molecule is O=C(OC1=C2C(=O)N3CCOCC3N(C3c4ccccc4-c4scc5c4-c4c3ccc(F)c4C(F)(F)C5)N2C=CC2OC12)OC1CCOCC1.